The summed E-state index contributed by atoms with van der Waals surface area (Å²) in [5.41, 5.74) is 6.64. The average Bonchev–Trinajstić information content (AvgIpc) is 2.41. The fourth-order valence-corrected chi connectivity index (χ4v) is 1.88. The molecule has 2 rings (SSSR count). The summed E-state index contributed by atoms with van der Waals surface area (Å²) in [7, 11) is 0. The average molecular weight is 179 g/mol. The van der Waals surface area contributed by atoms with Crippen molar-refractivity contribution in [3.63, 3.8) is 0 Å². The Morgan fingerprint density at radius 1 is 1.46 bits per heavy atom. The highest BCUT2D eigenvalue weighted by molar-refractivity contribution is 5.38. The molecule has 3 nitrogen and oxygen atoms in total. The second kappa shape index (κ2) is 2.80. The number of aliphatic hydroxyl groups is 2. The number of rotatable bonds is 1. The van der Waals surface area contributed by atoms with Crippen molar-refractivity contribution in [1.82, 2.24) is 0 Å². The molecule has 0 saturated carbocycles. The highest BCUT2D eigenvalue weighted by atomic mass is 16.3. The molecule has 1 aliphatic rings. The van der Waals surface area contributed by atoms with Gasteiger partial charge in [-0.25, -0.2) is 0 Å². The second-order valence-corrected chi connectivity index (χ2v) is 3.61. The lowest BCUT2D eigenvalue weighted by atomic mass is 9.97. The quantitative estimate of drug-likeness (QED) is 0.567. The van der Waals surface area contributed by atoms with Crippen molar-refractivity contribution in [2.45, 2.75) is 18.1 Å². The van der Waals surface area contributed by atoms with E-state index in [1.165, 1.54) is 0 Å². The predicted molar refractivity (Wildman–Crippen MR) is 49.1 cm³/mol. The number of fused-ring (bicyclic) bond motifs is 1. The highest BCUT2D eigenvalue weighted by Crippen LogP contribution is 2.36. The van der Waals surface area contributed by atoms with E-state index < -0.39 is 11.6 Å². The third kappa shape index (κ3) is 1.16. The lowest BCUT2D eigenvalue weighted by Gasteiger charge is -2.24. The highest BCUT2D eigenvalue weighted by Gasteiger charge is 2.41. The van der Waals surface area contributed by atoms with Crippen LogP contribution in [0.2, 0.25) is 0 Å². The van der Waals surface area contributed by atoms with Crippen molar-refractivity contribution in [2.24, 2.45) is 5.73 Å². The summed E-state index contributed by atoms with van der Waals surface area (Å²) in [6.45, 7) is -0.289. The summed E-state index contributed by atoms with van der Waals surface area (Å²) >= 11 is 0. The molecule has 1 aliphatic carbocycles. The van der Waals surface area contributed by atoms with Crippen LogP contribution in [0.3, 0.4) is 0 Å². The Balaban J connectivity index is 2.43. The van der Waals surface area contributed by atoms with Crippen molar-refractivity contribution >= 4 is 0 Å². The van der Waals surface area contributed by atoms with Crippen LogP contribution in [-0.2, 0) is 6.42 Å². The number of nitrogens with two attached hydrogens (primary N) is 1. The van der Waals surface area contributed by atoms with Gasteiger partial charge in [0, 0.05) is 6.42 Å². The van der Waals surface area contributed by atoms with E-state index in [0.29, 0.717) is 6.42 Å². The van der Waals surface area contributed by atoms with Crippen LogP contribution in [0.5, 0.6) is 0 Å². The Morgan fingerprint density at radius 2 is 2.15 bits per heavy atom. The maximum Gasteiger partial charge on any atom is 0.111 e. The minimum atomic E-state index is -1.16. The van der Waals surface area contributed by atoms with Gasteiger partial charge in [-0.3, -0.25) is 0 Å². The third-order valence-corrected chi connectivity index (χ3v) is 2.74. The van der Waals surface area contributed by atoms with Crippen LogP contribution in [0.15, 0.2) is 24.3 Å². The Bertz CT molecular complexity index is 326. The zero-order chi connectivity index (χ0) is 9.47. The number of benzene rings is 1. The number of hydrogen-bond acceptors (Lipinski definition) is 3. The molecule has 4 N–H and O–H groups in total. The van der Waals surface area contributed by atoms with E-state index >= 15 is 0 Å². The van der Waals surface area contributed by atoms with Gasteiger partial charge in [-0.15, -0.1) is 0 Å². The first-order chi connectivity index (χ1) is 6.17. The van der Waals surface area contributed by atoms with Gasteiger partial charge < -0.3 is 15.9 Å². The lowest BCUT2D eigenvalue weighted by molar-refractivity contribution is -0.0258. The van der Waals surface area contributed by atoms with Gasteiger partial charge in [0.1, 0.15) is 5.60 Å². The summed E-state index contributed by atoms with van der Waals surface area (Å²) in [6.07, 6.45) is 0.445. The first-order valence-corrected chi connectivity index (χ1v) is 4.34. The monoisotopic (exact) mass is 179 g/mol. The largest absolute Gasteiger partial charge is 0.393 e. The molecule has 3 heteroatoms. The van der Waals surface area contributed by atoms with Crippen LogP contribution in [0.4, 0.5) is 0 Å². The maximum atomic E-state index is 9.91. The zero-order valence-corrected chi connectivity index (χ0v) is 7.27. The molecule has 0 radical (unpaired) electrons. The topological polar surface area (TPSA) is 66.5 Å². The molecular formula is C10H13NO2. The zero-order valence-electron chi connectivity index (χ0n) is 7.27. The molecule has 2 atom stereocenters. The van der Waals surface area contributed by atoms with Gasteiger partial charge in [0.2, 0.25) is 0 Å². The molecule has 13 heavy (non-hydrogen) atoms. The van der Waals surface area contributed by atoms with Crippen molar-refractivity contribution in [3.05, 3.63) is 35.4 Å². The van der Waals surface area contributed by atoms with Gasteiger partial charge in [0.05, 0.1) is 12.6 Å². The van der Waals surface area contributed by atoms with Crippen LogP contribution in [0.1, 0.15) is 17.2 Å². The van der Waals surface area contributed by atoms with E-state index in [4.69, 9.17) is 10.8 Å². The molecule has 0 aliphatic heterocycles. The van der Waals surface area contributed by atoms with Crippen LogP contribution in [0, 0.1) is 0 Å². The first kappa shape index (κ1) is 8.69. The first-order valence-electron chi connectivity index (χ1n) is 4.34. The number of aliphatic hydroxyl groups excluding tert-OH is 1. The fraction of sp³-hybridized carbons (Fsp3) is 0.400. The smallest absolute Gasteiger partial charge is 0.111 e. The van der Waals surface area contributed by atoms with Gasteiger partial charge in [-0.2, -0.15) is 0 Å². The standard InChI is InChI=1S/C10H13NO2/c11-9-8-4-2-1-3-7(8)5-10(9,13)6-12/h1-4,9,12-13H,5-6,11H2/t9?,10-/m0/s1. The van der Waals surface area contributed by atoms with E-state index in [1.54, 1.807) is 0 Å². The molecule has 0 amide bonds. The lowest BCUT2D eigenvalue weighted by Crippen LogP contribution is -2.41. The molecule has 70 valence electrons. The Kier molecular flexibility index (Phi) is 1.87. The Hall–Kier alpha value is -0.900. The van der Waals surface area contributed by atoms with E-state index in [0.717, 1.165) is 11.1 Å². The van der Waals surface area contributed by atoms with Crippen molar-refractivity contribution in [2.75, 3.05) is 6.61 Å². The van der Waals surface area contributed by atoms with Gasteiger partial charge in [0.15, 0.2) is 0 Å². The summed E-state index contributed by atoms with van der Waals surface area (Å²) in [4.78, 5) is 0. The van der Waals surface area contributed by atoms with Crippen molar-refractivity contribution in [3.8, 4) is 0 Å². The third-order valence-electron chi connectivity index (χ3n) is 2.74. The van der Waals surface area contributed by atoms with E-state index in [9.17, 15) is 5.11 Å². The van der Waals surface area contributed by atoms with E-state index in [1.807, 2.05) is 24.3 Å². The van der Waals surface area contributed by atoms with Crippen molar-refractivity contribution in [1.29, 1.82) is 0 Å². The molecular weight excluding hydrogens is 166 g/mol. The van der Waals surface area contributed by atoms with E-state index in [-0.39, 0.29) is 6.61 Å². The summed E-state index contributed by atoms with van der Waals surface area (Å²) < 4.78 is 0. The molecule has 0 aromatic heterocycles. The van der Waals surface area contributed by atoms with Gasteiger partial charge in [-0.1, -0.05) is 24.3 Å². The van der Waals surface area contributed by atoms with Gasteiger partial charge in [0.25, 0.3) is 0 Å². The Morgan fingerprint density at radius 3 is 2.77 bits per heavy atom. The molecule has 0 spiro atoms. The maximum absolute atomic E-state index is 9.91. The van der Waals surface area contributed by atoms with Crippen LogP contribution in [-0.4, -0.2) is 22.4 Å². The summed E-state index contributed by atoms with van der Waals surface area (Å²) in [6, 6.07) is 7.17. The fourth-order valence-electron chi connectivity index (χ4n) is 1.88. The number of hydrogen-bond donors (Lipinski definition) is 3. The van der Waals surface area contributed by atoms with Gasteiger partial charge >= 0.3 is 0 Å². The second-order valence-electron chi connectivity index (χ2n) is 3.61. The Labute approximate surface area is 76.8 Å². The predicted octanol–water partition coefficient (Wildman–Crippen LogP) is -0.0341. The molecule has 1 aromatic rings. The summed E-state index contributed by atoms with van der Waals surface area (Å²) in [5.74, 6) is 0. The molecule has 0 fully saturated rings. The van der Waals surface area contributed by atoms with Gasteiger partial charge in [-0.05, 0) is 11.1 Å². The van der Waals surface area contributed by atoms with E-state index in [2.05, 4.69) is 0 Å². The molecule has 1 aromatic carbocycles. The summed E-state index contributed by atoms with van der Waals surface area (Å²) in [5, 5.41) is 19.0. The molecule has 1 unspecified atom stereocenters. The van der Waals surface area contributed by atoms with Crippen LogP contribution < -0.4 is 5.73 Å². The molecule has 0 saturated heterocycles. The molecule has 0 heterocycles. The molecule has 0 bridgehead atoms. The minimum Gasteiger partial charge on any atom is -0.393 e. The van der Waals surface area contributed by atoms with Crippen molar-refractivity contribution < 1.29 is 10.2 Å². The SMILES string of the molecule is NC1c2ccccc2C[C@]1(O)CO. The minimum absolute atomic E-state index is 0.289. The van der Waals surface area contributed by atoms with Crippen LogP contribution >= 0.6 is 0 Å². The van der Waals surface area contributed by atoms with Crippen LogP contribution in [0.25, 0.3) is 0 Å². The normalized spacial score (nSPS) is 31.8.